The van der Waals surface area contributed by atoms with E-state index in [1.807, 2.05) is 22.6 Å². The Labute approximate surface area is 107 Å². The first kappa shape index (κ1) is 11.9. The standard InChI is InChI=1S/C7H5ClI2O3/c8-6(11)4-1-3(9)2-5(10)7(4,12)13/h1-2,4,12-13H. The van der Waals surface area contributed by atoms with Gasteiger partial charge in [-0.05, 0) is 62.9 Å². The molecule has 2 N–H and O–H groups in total. The van der Waals surface area contributed by atoms with Gasteiger partial charge in [0.25, 0.3) is 0 Å². The van der Waals surface area contributed by atoms with E-state index >= 15 is 0 Å². The van der Waals surface area contributed by atoms with Crippen molar-refractivity contribution in [3.05, 3.63) is 19.3 Å². The molecular weight excluding hydrogens is 421 g/mol. The lowest BCUT2D eigenvalue weighted by molar-refractivity contribution is -0.158. The van der Waals surface area contributed by atoms with Gasteiger partial charge < -0.3 is 10.2 Å². The molecule has 1 atom stereocenters. The number of allylic oxidation sites excluding steroid dienone is 2. The Bertz CT molecular complexity index is 309. The second kappa shape index (κ2) is 4.13. The fraction of sp³-hybridized carbons (Fsp3) is 0.286. The fourth-order valence-corrected chi connectivity index (χ4v) is 3.08. The van der Waals surface area contributed by atoms with Crippen molar-refractivity contribution in [3.63, 3.8) is 0 Å². The zero-order valence-corrected chi connectivity index (χ0v) is 11.2. The van der Waals surface area contributed by atoms with Crippen LogP contribution >= 0.6 is 56.8 Å². The molecule has 3 nitrogen and oxygen atoms in total. The molecule has 0 bridgehead atoms. The van der Waals surface area contributed by atoms with Gasteiger partial charge in [-0.15, -0.1) is 0 Å². The van der Waals surface area contributed by atoms with Crippen LogP contribution in [0.25, 0.3) is 0 Å². The maximum absolute atomic E-state index is 10.9. The minimum atomic E-state index is -2.16. The first-order chi connectivity index (χ1) is 5.85. The Balaban J connectivity index is 3.12. The number of rotatable bonds is 1. The summed E-state index contributed by atoms with van der Waals surface area (Å²) in [5, 5.41) is 18.3. The van der Waals surface area contributed by atoms with Crippen molar-refractivity contribution in [1.29, 1.82) is 0 Å². The zero-order chi connectivity index (χ0) is 10.2. The Morgan fingerprint density at radius 2 is 2.08 bits per heavy atom. The van der Waals surface area contributed by atoms with Crippen molar-refractivity contribution in [2.75, 3.05) is 0 Å². The predicted molar refractivity (Wildman–Crippen MR) is 65.7 cm³/mol. The summed E-state index contributed by atoms with van der Waals surface area (Å²) in [6.07, 6.45) is 3.01. The van der Waals surface area contributed by atoms with Crippen LogP contribution < -0.4 is 0 Å². The average molecular weight is 426 g/mol. The molecular formula is C7H5ClI2O3. The van der Waals surface area contributed by atoms with Crippen LogP contribution in [0, 0.1) is 5.92 Å². The highest BCUT2D eigenvalue weighted by Crippen LogP contribution is 2.37. The van der Waals surface area contributed by atoms with Gasteiger partial charge in [-0.3, -0.25) is 4.79 Å². The van der Waals surface area contributed by atoms with Crippen LogP contribution in [-0.4, -0.2) is 21.2 Å². The maximum Gasteiger partial charge on any atom is 0.234 e. The highest BCUT2D eigenvalue weighted by molar-refractivity contribution is 14.1. The molecule has 72 valence electrons. The summed E-state index contributed by atoms with van der Waals surface area (Å²) in [7, 11) is 0. The van der Waals surface area contributed by atoms with Gasteiger partial charge in [0.15, 0.2) is 0 Å². The number of carbonyl (C=O) groups excluding carboxylic acids is 1. The Hall–Kier alpha value is 0.820. The number of hydrogen-bond donors (Lipinski definition) is 2. The van der Waals surface area contributed by atoms with Gasteiger partial charge in [-0.2, -0.15) is 0 Å². The lowest BCUT2D eigenvalue weighted by Crippen LogP contribution is -2.41. The number of halogens is 3. The molecule has 0 saturated carbocycles. The largest absolute Gasteiger partial charge is 0.361 e. The lowest BCUT2D eigenvalue weighted by atomic mass is 9.95. The second-order valence-corrected chi connectivity index (χ2v) is 5.33. The molecule has 0 aliphatic heterocycles. The van der Waals surface area contributed by atoms with Gasteiger partial charge in [0, 0.05) is 3.58 Å². The summed E-state index contributed by atoms with van der Waals surface area (Å²) in [6.45, 7) is 0. The highest BCUT2D eigenvalue weighted by atomic mass is 127. The molecule has 0 heterocycles. The summed E-state index contributed by atoms with van der Waals surface area (Å²) in [5.41, 5.74) is 0. The molecule has 0 radical (unpaired) electrons. The smallest absolute Gasteiger partial charge is 0.234 e. The number of aliphatic hydroxyl groups is 2. The Kier molecular flexibility index (Phi) is 3.78. The topological polar surface area (TPSA) is 57.5 Å². The molecule has 1 aliphatic rings. The minimum absolute atomic E-state index is 0.288. The molecule has 6 heteroatoms. The maximum atomic E-state index is 10.9. The van der Waals surface area contributed by atoms with E-state index in [4.69, 9.17) is 11.6 Å². The van der Waals surface area contributed by atoms with Crippen LogP contribution in [-0.2, 0) is 4.79 Å². The van der Waals surface area contributed by atoms with Crippen molar-refractivity contribution in [3.8, 4) is 0 Å². The predicted octanol–water partition coefficient (Wildman–Crippen LogP) is 1.70. The molecule has 13 heavy (non-hydrogen) atoms. The third kappa shape index (κ3) is 2.44. The van der Waals surface area contributed by atoms with Gasteiger partial charge in [-0.1, -0.05) is 6.08 Å². The fourth-order valence-electron chi connectivity index (χ4n) is 0.923. The van der Waals surface area contributed by atoms with Gasteiger partial charge in [0.2, 0.25) is 11.0 Å². The average Bonchev–Trinajstić information content (AvgIpc) is 1.96. The third-order valence-electron chi connectivity index (χ3n) is 1.62. The van der Waals surface area contributed by atoms with E-state index in [0.29, 0.717) is 0 Å². The van der Waals surface area contributed by atoms with Gasteiger partial charge >= 0.3 is 0 Å². The van der Waals surface area contributed by atoms with Crippen molar-refractivity contribution in [2.45, 2.75) is 5.79 Å². The highest BCUT2D eigenvalue weighted by Gasteiger charge is 2.42. The number of hydrogen-bond acceptors (Lipinski definition) is 3. The van der Waals surface area contributed by atoms with Crippen LogP contribution in [0.5, 0.6) is 0 Å². The molecule has 0 aromatic heterocycles. The molecule has 0 amide bonds. The summed E-state index contributed by atoms with van der Waals surface area (Å²) in [5.74, 6) is -3.24. The summed E-state index contributed by atoms with van der Waals surface area (Å²) in [4.78, 5) is 10.9. The Morgan fingerprint density at radius 3 is 2.54 bits per heavy atom. The summed E-state index contributed by atoms with van der Waals surface area (Å²) >= 11 is 8.99. The summed E-state index contributed by atoms with van der Waals surface area (Å²) in [6, 6.07) is 0. The van der Waals surface area contributed by atoms with E-state index in [0.717, 1.165) is 3.58 Å². The quantitative estimate of drug-likeness (QED) is 0.381. The van der Waals surface area contributed by atoms with Crippen LogP contribution in [0.1, 0.15) is 0 Å². The van der Waals surface area contributed by atoms with Crippen molar-refractivity contribution in [2.24, 2.45) is 5.92 Å². The van der Waals surface area contributed by atoms with Crippen molar-refractivity contribution < 1.29 is 15.0 Å². The molecule has 1 aliphatic carbocycles. The SMILES string of the molecule is O=C(Cl)C1C=C(I)C=C(I)C1(O)O. The second-order valence-electron chi connectivity index (χ2n) is 2.55. The molecule has 0 spiro atoms. The molecule has 0 aromatic rings. The van der Waals surface area contributed by atoms with E-state index < -0.39 is 16.9 Å². The van der Waals surface area contributed by atoms with Crippen LogP contribution in [0.2, 0.25) is 0 Å². The minimum Gasteiger partial charge on any atom is -0.361 e. The van der Waals surface area contributed by atoms with E-state index in [1.165, 1.54) is 6.08 Å². The van der Waals surface area contributed by atoms with E-state index in [1.54, 1.807) is 28.7 Å². The molecule has 1 unspecified atom stereocenters. The van der Waals surface area contributed by atoms with Crippen molar-refractivity contribution in [1.82, 2.24) is 0 Å². The van der Waals surface area contributed by atoms with E-state index in [-0.39, 0.29) is 3.58 Å². The van der Waals surface area contributed by atoms with E-state index in [9.17, 15) is 15.0 Å². The molecule has 0 fully saturated rings. The molecule has 0 aromatic carbocycles. The first-order valence-electron chi connectivity index (χ1n) is 3.24. The monoisotopic (exact) mass is 426 g/mol. The lowest BCUT2D eigenvalue weighted by Gasteiger charge is -2.29. The van der Waals surface area contributed by atoms with Gasteiger partial charge in [-0.25, -0.2) is 0 Å². The zero-order valence-electron chi connectivity index (χ0n) is 6.17. The summed E-state index contributed by atoms with van der Waals surface area (Å²) < 4.78 is 1.05. The van der Waals surface area contributed by atoms with Gasteiger partial charge in [0.1, 0.15) is 5.92 Å². The van der Waals surface area contributed by atoms with Crippen LogP contribution in [0.4, 0.5) is 0 Å². The van der Waals surface area contributed by atoms with Crippen LogP contribution in [0.3, 0.4) is 0 Å². The molecule has 0 saturated heterocycles. The van der Waals surface area contributed by atoms with Crippen molar-refractivity contribution >= 4 is 62.0 Å². The van der Waals surface area contributed by atoms with Crippen LogP contribution in [0.15, 0.2) is 19.3 Å². The third-order valence-corrected chi connectivity index (χ3v) is 3.63. The first-order valence-corrected chi connectivity index (χ1v) is 5.78. The molecule has 1 rings (SSSR count). The Morgan fingerprint density at radius 1 is 1.54 bits per heavy atom. The van der Waals surface area contributed by atoms with E-state index in [2.05, 4.69) is 0 Å². The normalized spacial score (nSPS) is 26.4. The number of carbonyl (C=O) groups is 1. The van der Waals surface area contributed by atoms with Gasteiger partial charge in [0.05, 0.1) is 3.58 Å².